The van der Waals surface area contributed by atoms with Crippen molar-refractivity contribution in [2.75, 3.05) is 13.1 Å². The second kappa shape index (κ2) is 7.06. The molecular weight excluding hydrogens is 314 g/mol. The van der Waals surface area contributed by atoms with Crippen LogP contribution >= 0.6 is 0 Å². The highest BCUT2D eigenvalue weighted by molar-refractivity contribution is 5.68. The molecule has 2 aliphatic rings. The number of aromatic nitrogens is 2. The van der Waals surface area contributed by atoms with E-state index in [0.717, 1.165) is 38.2 Å². The zero-order valence-corrected chi connectivity index (χ0v) is 15.7. The molecule has 0 bridgehead atoms. The van der Waals surface area contributed by atoms with Gasteiger partial charge in [0.25, 0.3) is 0 Å². The molecule has 1 amide bonds. The number of ether oxygens (including phenoxy) is 1. The van der Waals surface area contributed by atoms with Crippen LogP contribution in [0.15, 0.2) is 36.2 Å². The van der Waals surface area contributed by atoms with Gasteiger partial charge in [-0.3, -0.25) is 0 Å². The Labute approximate surface area is 150 Å². The summed E-state index contributed by atoms with van der Waals surface area (Å²) >= 11 is 0. The highest BCUT2D eigenvalue weighted by atomic mass is 16.6. The number of rotatable bonds is 2. The van der Waals surface area contributed by atoms with E-state index in [9.17, 15) is 4.79 Å². The molecule has 0 radical (unpaired) electrons. The topological polar surface area (TPSA) is 47.4 Å². The summed E-state index contributed by atoms with van der Waals surface area (Å²) in [7, 11) is 0. The van der Waals surface area contributed by atoms with Crippen LogP contribution < -0.4 is 0 Å². The van der Waals surface area contributed by atoms with E-state index >= 15 is 0 Å². The Morgan fingerprint density at radius 1 is 1.28 bits per heavy atom. The summed E-state index contributed by atoms with van der Waals surface area (Å²) in [6.07, 6.45) is 13.4. The number of imidazole rings is 1. The number of carbonyl (C=O) groups is 1. The van der Waals surface area contributed by atoms with E-state index in [1.54, 1.807) is 0 Å². The smallest absolute Gasteiger partial charge is 0.410 e. The fourth-order valence-corrected chi connectivity index (χ4v) is 3.49. The third kappa shape index (κ3) is 4.33. The predicted molar refractivity (Wildman–Crippen MR) is 98.6 cm³/mol. The lowest BCUT2D eigenvalue weighted by atomic mass is 9.95. The molecular formula is C20H29N3O2. The average molecular weight is 343 g/mol. The standard InChI is InChI=1S/C20H29N3O2/c1-15-5-7-17(8-6-15)23-14-11-21-18(23)16-9-12-22(13-10-16)19(24)25-20(2,3)4/h5-7,11,14,16-17H,8-10,12-13H2,1-4H3. The largest absolute Gasteiger partial charge is 0.444 e. The SMILES string of the molecule is CC1=CCC(n2ccnc2C2CCN(C(=O)OC(C)(C)C)CC2)C=C1. The minimum Gasteiger partial charge on any atom is -0.444 e. The molecule has 0 aromatic carbocycles. The summed E-state index contributed by atoms with van der Waals surface area (Å²) in [5.41, 5.74) is 0.881. The number of nitrogens with zero attached hydrogens (tertiary/aromatic N) is 3. The van der Waals surface area contributed by atoms with E-state index in [4.69, 9.17) is 4.74 Å². The van der Waals surface area contributed by atoms with E-state index in [1.165, 1.54) is 5.57 Å². The molecule has 1 unspecified atom stereocenters. The molecule has 2 heterocycles. The Morgan fingerprint density at radius 3 is 2.60 bits per heavy atom. The molecule has 1 aromatic heterocycles. The van der Waals surface area contributed by atoms with E-state index in [1.807, 2.05) is 31.9 Å². The number of likely N-dealkylation sites (tertiary alicyclic amines) is 1. The molecule has 136 valence electrons. The first-order valence-corrected chi connectivity index (χ1v) is 9.19. The monoisotopic (exact) mass is 343 g/mol. The maximum atomic E-state index is 12.2. The fourth-order valence-electron chi connectivity index (χ4n) is 3.49. The number of piperidine rings is 1. The van der Waals surface area contributed by atoms with Crippen LogP contribution in [0.3, 0.4) is 0 Å². The fraction of sp³-hybridized carbons (Fsp3) is 0.600. The van der Waals surface area contributed by atoms with Crippen molar-refractivity contribution in [3.63, 3.8) is 0 Å². The molecule has 1 atom stereocenters. The number of hydrogen-bond acceptors (Lipinski definition) is 3. The highest BCUT2D eigenvalue weighted by Crippen LogP contribution is 2.31. The Kier molecular flexibility index (Phi) is 5.02. The lowest BCUT2D eigenvalue weighted by molar-refractivity contribution is 0.0202. The minimum atomic E-state index is -0.441. The molecule has 1 aromatic rings. The molecule has 0 N–H and O–H groups in total. The van der Waals surface area contributed by atoms with Gasteiger partial charge in [-0.05, 0) is 47.0 Å². The van der Waals surface area contributed by atoms with E-state index in [0.29, 0.717) is 12.0 Å². The van der Waals surface area contributed by atoms with Crippen molar-refractivity contribution in [1.82, 2.24) is 14.5 Å². The second-order valence-corrected chi connectivity index (χ2v) is 8.04. The molecule has 1 aliphatic carbocycles. The van der Waals surface area contributed by atoms with Crippen LogP contribution in [-0.4, -0.2) is 39.2 Å². The lowest BCUT2D eigenvalue weighted by Gasteiger charge is -2.34. The van der Waals surface area contributed by atoms with Crippen molar-refractivity contribution in [3.05, 3.63) is 42.0 Å². The lowest BCUT2D eigenvalue weighted by Crippen LogP contribution is -2.41. The summed E-state index contributed by atoms with van der Waals surface area (Å²) in [5, 5.41) is 0. The summed E-state index contributed by atoms with van der Waals surface area (Å²) in [4.78, 5) is 18.7. The summed E-state index contributed by atoms with van der Waals surface area (Å²) in [6, 6.07) is 0.352. The number of amides is 1. The van der Waals surface area contributed by atoms with Gasteiger partial charge in [-0.25, -0.2) is 9.78 Å². The normalized spacial score (nSPS) is 22.0. The van der Waals surface area contributed by atoms with Crippen molar-refractivity contribution in [3.8, 4) is 0 Å². The molecule has 1 aliphatic heterocycles. The summed E-state index contributed by atoms with van der Waals surface area (Å²) in [6.45, 7) is 9.30. The predicted octanol–water partition coefficient (Wildman–Crippen LogP) is 4.44. The van der Waals surface area contributed by atoms with Gasteiger partial charge in [0.2, 0.25) is 0 Å². The first-order valence-electron chi connectivity index (χ1n) is 9.19. The Bertz CT molecular complexity index is 673. The van der Waals surface area contributed by atoms with Gasteiger partial charge >= 0.3 is 6.09 Å². The highest BCUT2D eigenvalue weighted by Gasteiger charge is 2.30. The van der Waals surface area contributed by atoms with Crippen LogP contribution in [0, 0.1) is 0 Å². The third-order valence-electron chi connectivity index (χ3n) is 4.83. The van der Waals surface area contributed by atoms with Gasteiger partial charge in [-0.2, -0.15) is 0 Å². The Balaban J connectivity index is 1.62. The van der Waals surface area contributed by atoms with Crippen LogP contribution in [0.2, 0.25) is 0 Å². The van der Waals surface area contributed by atoms with Gasteiger partial charge in [0.05, 0.1) is 6.04 Å². The Hall–Kier alpha value is -2.04. The molecule has 1 saturated heterocycles. The van der Waals surface area contributed by atoms with Gasteiger partial charge in [0, 0.05) is 31.4 Å². The minimum absolute atomic E-state index is 0.204. The molecule has 5 heteroatoms. The van der Waals surface area contributed by atoms with Crippen molar-refractivity contribution in [1.29, 1.82) is 0 Å². The van der Waals surface area contributed by atoms with Gasteiger partial charge in [-0.15, -0.1) is 0 Å². The van der Waals surface area contributed by atoms with E-state index in [2.05, 4.69) is 40.9 Å². The molecule has 25 heavy (non-hydrogen) atoms. The average Bonchev–Trinajstić information content (AvgIpc) is 3.04. The first-order chi connectivity index (χ1) is 11.8. The number of allylic oxidation sites excluding steroid dienone is 4. The summed E-state index contributed by atoms with van der Waals surface area (Å²) < 4.78 is 7.78. The molecule has 1 fully saturated rings. The molecule has 0 spiro atoms. The van der Waals surface area contributed by atoms with Crippen molar-refractivity contribution < 1.29 is 9.53 Å². The van der Waals surface area contributed by atoms with Crippen molar-refractivity contribution in [2.24, 2.45) is 0 Å². The molecule has 5 nitrogen and oxygen atoms in total. The second-order valence-electron chi connectivity index (χ2n) is 8.04. The van der Waals surface area contributed by atoms with E-state index in [-0.39, 0.29) is 6.09 Å². The summed E-state index contributed by atoms with van der Waals surface area (Å²) in [5.74, 6) is 1.54. The van der Waals surface area contributed by atoms with Crippen LogP contribution in [0.1, 0.15) is 64.7 Å². The number of carbonyl (C=O) groups excluding carboxylic acids is 1. The van der Waals surface area contributed by atoms with Gasteiger partial charge < -0.3 is 14.2 Å². The Morgan fingerprint density at radius 2 is 2.00 bits per heavy atom. The van der Waals surface area contributed by atoms with E-state index < -0.39 is 5.60 Å². The van der Waals surface area contributed by atoms with Crippen LogP contribution in [-0.2, 0) is 4.74 Å². The van der Waals surface area contributed by atoms with Crippen molar-refractivity contribution in [2.45, 2.75) is 64.5 Å². The molecule has 0 saturated carbocycles. The molecule has 3 rings (SSSR count). The number of hydrogen-bond donors (Lipinski definition) is 0. The van der Waals surface area contributed by atoms with Crippen LogP contribution in [0.4, 0.5) is 4.79 Å². The van der Waals surface area contributed by atoms with Crippen LogP contribution in [0.5, 0.6) is 0 Å². The maximum Gasteiger partial charge on any atom is 0.410 e. The van der Waals surface area contributed by atoms with Gasteiger partial charge in [-0.1, -0.05) is 23.8 Å². The van der Waals surface area contributed by atoms with Gasteiger partial charge in [0.15, 0.2) is 0 Å². The quantitative estimate of drug-likeness (QED) is 0.797. The maximum absolute atomic E-state index is 12.2. The third-order valence-corrected chi connectivity index (χ3v) is 4.83. The van der Waals surface area contributed by atoms with Gasteiger partial charge in [0.1, 0.15) is 11.4 Å². The zero-order valence-electron chi connectivity index (χ0n) is 15.7. The van der Waals surface area contributed by atoms with Crippen molar-refractivity contribution >= 4 is 6.09 Å². The first kappa shape index (κ1) is 17.8. The van der Waals surface area contributed by atoms with Crippen LogP contribution in [0.25, 0.3) is 0 Å². The zero-order chi connectivity index (χ0) is 18.0.